The van der Waals surface area contributed by atoms with E-state index in [0.717, 1.165) is 20.2 Å². The first-order chi connectivity index (χ1) is 9.47. The van der Waals surface area contributed by atoms with Crippen LogP contribution >= 0.6 is 43.5 Å². The van der Waals surface area contributed by atoms with Gasteiger partial charge < -0.3 is 11.1 Å². The van der Waals surface area contributed by atoms with Crippen LogP contribution in [0.3, 0.4) is 0 Å². The van der Waals surface area contributed by atoms with Crippen LogP contribution in [0.4, 0.5) is 5.69 Å². The third kappa shape index (κ3) is 3.75. The lowest BCUT2D eigenvalue weighted by Gasteiger charge is -2.09. The zero-order valence-electron chi connectivity index (χ0n) is 10.3. The standard InChI is InChI=1S/C14H11Br2ClN2O/c15-11-4-1-8(5-12(11)16)7-19-9-2-3-10(14(18)20)13(17)6-9/h1-6,19H,7H2,(H2,18,20). The zero-order valence-corrected chi connectivity index (χ0v) is 14.2. The van der Waals surface area contributed by atoms with Gasteiger partial charge in [-0.25, -0.2) is 0 Å². The second-order valence-corrected chi connectivity index (χ2v) is 6.28. The smallest absolute Gasteiger partial charge is 0.250 e. The average Bonchev–Trinajstić information content (AvgIpc) is 2.40. The summed E-state index contributed by atoms with van der Waals surface area (Å²) in [6, 6.07) is 11.1. The van der Waals surface area contributed by atoms with Crippen molar-refractivity contribution in [1.29, 1.82) is 0 Å². The van der Waals surface area contributed by atoms with E-state index in [9.17, 15) is 4.79 Å². The Morgan fingerprint density at radius 2 is 1.90 bits per heavy atom. The van der Waals surface area contributed by atoms with Gasteiger partial charge in [0.05, 0.1) is 10.6 Å². The molecule has 2 aromatic rings. The fourth-order valence-electron chi connectivity index (χ4n) is 1.68. The fraction of sp³-hybridized carbons (Fsp3) is 0.0714. The number of carbonyl (C=O) groups excluding carboxylic acids is 1. The van der Waals surface area contributed by atoms with E-state index in [1.54, 1.807) is 18.2 Å². The Kier molecular flexibility index (Phi) is 5.07. The molecule has 104 valence electrons. The lowest BCUT2D eigenvalue weighted by molar-refractivity contribution is 0.100. The molecule has 6 heteroatoms. The van der Waals surface area contributed by atoms with Gasteiger partial charge in [0, 0.05) is 21.2 Å². The molecule has 0 aromatic heterocycles. The Morgan fingerprint density at radius 3 is 2.50 bits per heavy atom. The minimum Gasteiger partial charge on any atom is -0.381 e. The van der Waals surface area contributed by atoms with E-state index in [1.165, 1.54) is 0 Å². The van der Waals surface area contributed by atoms with Gasteiger partial charge in [0.15, 0.2) is 0 Å². The van der Waals surface area contributed by atoms with E-state index in [-0.39, 0.29) is 0 Å². The molecule has 0 aliphatic heterocycles. The normalized spacial score (nSPS) is 10.3. The second kappa shape index (κ2) is 6.61. The average molecular weight is 419 g/mol. The highest BCUT2D eigenvalue weighted by Crippen LogP contribution is 2.25. The number of primary amides is 1. The van der Waals surface area contributed by atoms with Gasteiger partial charge in [0.1, 0.15) is 0 Å². The molecule has 2 rings (SSSR count). The number of halogens is 3. The van der Waals surface area contributed by atoms with Gasteiger partial charge in [-0.2, -0.15) is 0 Å². The van der Waals surface area contributed by atoms with Crippen molar-refractivity contribution in [3.8, 4) is 0 Å². The highest BCUT2D eigenvalue weighted by Gasteiger charge is 2.07. The van der Waals surface area contributed by atoms with E-state index in [4.69, 9.17) is 17.3 Å². The van der Waals surface area contributed by atoms with Crippen LogP contribution in [0.15, 0.2) is 45.3 Å². The van der Waals surface area contributed by atoms with Gasteiger partial charge in [-0.3, -0.25) is 4.79 Å². The number of nitrogens with two attached hydrogens (primary N) is 1. The number of rotatable bonds is 4. The van der Waals surface area contributed by atoms with Gasteiger partial charge in [-0.1, -0.05) is 17.7 Å². The first-order valence-corrected chi connectivity index (χ1v) is 7.71. The summed E-state index contributed by atoms with van der Waals surface area (Å²) < 4.78 is 2.01. The number of nitrogens with one attached hydrogen (secondary N) is 1. The zero-order chi connectivity index (χ0) is 14.7. The third-order valence-corrected chi connectivity index (χ3v) is 4.91. The van der Waals surface area contributed by atoms with Crippen LogP contribution in [0, 0.1) is 0 Å². The van der Waals surface area contributed by atoms with Crippen molar-refractivity contribution in [3.05, 3.63) is 61.5 Å². The SMILES string of the molecule is NC(=O)c1ccc(NCc2ccc(Br)c(Br)c2)cc1Cl. The maximum atomic E-state index is 11.1. The largest absolute Gasteiger partial charge is 0.381 e. The van der Waals surface area contributed by atoms with Crippen LogP contribution in [0.25, 0.3) is 0 Å². The lowest BCUT2D eigenvalue weighted by atomic mass is 10.2. The van der Waals surface area contributed by atoms with Crippen molar-refractivity contribution in [2.45, 2.75) is 6.54 Å². The number of hydrogen-bond donors (Lipinski definition) is 2. The molecule has 0 saturated heterocycles. The van der Waals surface area contributed by atoms with Crippen LogP contribution in [0.5, 0.6) is 0 Å². The number of anilines is 1. The number of hydrogen-bond acceptors (Lipinski definition) is 2. The third-order valence-electron chi connectivity index (χ3n) is 2.72. The van der Waals surface area contributed by atoms with Crippen LogP contribution in [-0.4, -0.2) is 5.91 Å². The minimum absolute atomic E-state index is 0.323. The number of amides is 1. The van der Waals surface area contributed by atoms with E-state index in [2.05, 4.69) is 37.2 Å². The lowest BCUT2D eigenvalue weighted by Crippen LogP contribution is -2.11. The molecule has 0 bridgehead atoms. The van der Waals surface area contributed by atoms with E-state index in [1.807, 2.05) is 18.2 Å². The summed E-state index contributed by atoms with van der Waals surface area (Å²) in [7, 11) is 0. The first kappa shape index (κ1) is 15.4. The Bertz CT molecular complexity index is 662. The summed E-state index contributed by atoms with van der Waals surface area (Å²) in [6.45, 7) is 0.651. The monoisotopic (exact) mass is 416 g/mol. The van der Waals surface area contributed by atoms with Crippen molar-refractivity contribution >= 4 is 55.1 Å². The molecule has 0 aliphatic carbocycles. The molecule has 1 amide bonds. The molecule has 3 nitrogen and oxygen atoms in total. The summed E-state index contributed by atoms with van der Waals surface area (Å²) in [5.74, 6) is -0.529. The predicted octanol–water partition coefficient (Wildman–Crippen LogP) is 4.58. The highest BCUT2D eigenvalue weighted by molar-refractivity contribution is 9.13. The van der Waals surface area contributed by atoms with E-state index < -0.39 is 5.91 Å². The molecule has 0 atom stereocenters. The van der Waals surface area contributed by atoms with Crippen LogP contribution in [-0.2, 0) is 6.54 Å². The Morgan fingerprint density at radius 1 is 1.15 bits per heavy atom. The summed E-state index contributed by atoms with van der Waals surface area (Å²) in [5.41, 5.74) is 7.48. The molecule has 2 aromatic carbocycles. The van der Waals surface area contributed by atoms with Gasteiger partial charge >= 0.3 is 0 Å². The molecule has 0 unspecified atom stereocenters. The molecule has 0 saturated carbocycles. The van der Waals surface area contributed by atoms with Crippen molar-refractivity contribution in [1.82, 2.24) is 0 Å². The summed E-state index contributed by atoms with van der Waals surface area (Å²) in [5, 5.41) is 3.59. The number of benzene rings is 2. The maximum Gasteiger partial charge on any atom is 0.250 e. The quantitative estimate of drug-likeness (QED) is 0.764. The Labute approximate surface area is 138 Å². The Hall–Kier alpha value is -1.04. The van der Waals surface area contributed by atoms with Crippen molar-refractivity contribution in [2.75, 3.05) is 5.32 Å². The van der Waals surface area contributed by atoms with Gasteiger partial charge in [-0.15, -0.1) is 0 Å². The van der Waals surface area contributed by atoms with Crippen LogP contribution < -0.4 is 11.1 Å². The highest BCUT2D eigenvalue weighted by atomic mass is 79.9. The summed E-state index contributed by atoms with van der Waals surface area (Å²) in [4.78, 5) is 11.1. The molecular formula is C14H11Br2ClN2O. The summed E-state index contributed by atoms with van der Waals surface area (Å²) in [6.07, 6.45) is 0. The predicted molar refractivity (Wildman–Crippen MR) is 89.1 cm³/mol. The molecule has 0 fully saturated rings. The molecule has 0 heterocycles. The summed E-state index contributed by atoms with van der Waals surface area (Å²) >= 11 is 12.9. The van der Waals surface area contributed by atoms with E-state index in [0.29, 0.717) is 17.1 Å². The molecule has 0 aliphatic rings. The van der Waals surface area contributed by atoms with Crippen molar-refractivity contribution in [3.63, 3.8) is 0 Å². The van der Waals surface area contributed by atoms with Gasteiger partial charge in [-0.05, 0) is 67.8 Å². The van der Waals surface area contributed by atoms with Crippen molar-refractivity contribution < 1.29 is 4.79 Å². The molecule has 20 heavy (non-hydrogen) atoms. The van der Waals surface area contributed by atoms with E-state index >= 15 is 0 Å². The van der Waals surface area contributed by atoms with Crippen LogP contribution in [0.1, 0.15) is 15.9 Å². The molecular weight excluding hydrogens is 407 g/mol. The number of carbonyl (C=O) groups is 1. The first-order valence-electron chi connectivity index (χ1n) is 5.74. The molecule has 0 spiro atoms. The second-order valence-electron chi connectivity index (χ2n) is 4.16. The molecule has 0 radical (unpaired) electrons. The van der Waals surface area contributed by atoms with Gasteiger partial charge in [0.2, 0.25) is 5.91 Å². The van der Waals surface area contributed by atoms with Crippen LogP contribution in [0.2, 0.25) is 5.02 Å². The Balaban J connectivity index is 2.09. The van der Waals surface area contributed by atoms with Crippen molar-refractivity contribution in [2.24, 2.45) is 5.73 Å². The van der Waals surface area contributed by atoms with Gasteiger partial charge in [0.25, 0.3) is 0 Å². The topological polar surface area (TPSA) is 55.1 Å². The molecule has 3 N–H and O–H groups in total. The fourth-order valence-corrected chi connectivity index (χ4v) is 2.63. The minimum atomic E-state index is -0.529. The maximum absolute atomic E-state index is 11.1.